The Kier molecular flexibility index (Phi) is 10.2. The average Bonchev–Trinajstić information content (AvgIpc) is 3.11. The van der Waals surface area contributed by atoms with E-state index in [4.69, 9.17) is 9.47 Å². The molecule has 0 bridgehead atoms. The summed E-state index contributed by atoms with van der Waals surface area (Å²) in [5.74, 6) is 2.47. The number of hydrogen-bond acceptors (Lipinski definition) is 5. The molecule has 1 atom stereocenters. The number of benzene rings is 1. The molecule has 1 fully saturated rings. The van der Waals surface area contributed by atoms with Gasteiger partial charge in [-0.3, -0.25) is 4.99 Å². The average molecular weight is 505 g/mol. The first-order chi connectivity index (χ1) is 12.8. The molecule has 2 rings (SSSR count). The fourth-order valence-electron chi connectivity index (χ4n) is 3.09. The van der Waals surface area contributed by atoms with E-state index in [0.29, 0.717) is 6.04 Å². The summed E-state index contributed by atoms with van der Waals surface area (Å²) in [5, 5.41) is 10.4. The minimum absolute atomic E-state index is 0. The summed E-state index contributed by atoms with van der Waals surface area (Å²) in [7, 11) is 5.17. The van der Waals surface area contributed by atoms with Crippen LogP contribution in [0.15, 0.2) is 23.2 Å². The second-order valence-electron chi connectivity index (χ2n) is 7.82. The molecule has 28 heavy (non-hydrogen) atoms. The van der Waals surface area contributed by atoms with Crippen molar-refractivity contribution in [1.29, 1.82) is 0 Å². The summed E-state index contributed by atoms with van der Waals surface area (Å²) in [4.78, 5) is 6.69. The number of guanidine groups is 1. The van der Waals surface area contributed by atoms with E-state index in [9.17, 15) is 0 Å². The molecular weight excluding hydrogens is 469 g/mol. The maximum absolute atomic E-state index is 5.39. The third-order valence-corrected chi connectivity index (χ3v) is 4.53. The predicted octanol–water partition coefficient (Wildman–Crippen LogP) is 2.45. The molecule has 3 N–H and O–H groups in total. The zero-order valence-electron chi connectivity index (χ0n) is 18.0. The molecule has 1 aliphatic rings. The minimum Gasteiger partial charge on any atom is -0.497 e. The molecule has 7 nitrogen and oxygen atoms in total. The van der Waals surface area contributed by atoms with Crippen LogP contribution in [0.25, 0.3) is 0 Å². The lowest BCUT2D eigenvalue weighted by molar-refractivity contribution is 0.394. The molecule has 0 radical (unpaired) electrons. The van der Waals surface area contributed by atoms with Gasteiger partial charge in [0.05, 0.1) is 14.2 Å². The highest BCUT2D eigenvalue weighted by atomic mass is 127. The summed E-state index contributed by atoms with van der Waals surface area (Å²) in [6.07, 6.45) is 1.06. The van der Waals surface area contributed by atoms with Crippen LogP contribution in [-0.2, 0) is 0 Å². The third kappa shape index (κ3) is 7.90. The van der Waals surface area contributed by atoms with Crippen molar-refractivity contribution in [3.63, 3.8) is 0 Å². The number of methoxy groups -OCH3 is 2. The number of hydrogen-bond donors (Lipinski definition) is 3. The van der Waals surface area contributed by atoms with Gasteiger partial charge in [-0.15, -0.1) is 24.0 Å². The zero-order chi connectivity index (χ0) is 19.9. The Morgan fingerprint density at radius 2 is 1.79 bits per heavy atom. The van der Waals surface area contributed by atoms with E-state index in [1.54, 1.807) is 14.2 Å². The number of rotatable bonds is 7. The second-order valence-corrected chi connectivity index (χ2v) is 7.82. The van der Waals surface area contributed by atoms with E-state index < -0.39 is 0 Å². The summed E-state index contributed by atoms with van der Waals surface area (Å²) in [5.41, 5.74) is 1.25. The first kappa shape index (κ1) is 24.6. The number of aliphatic imine (C=N–C) groups is 1. The SMILES string of the molecule is CN=C(NCCNC(C)(C)C)NC1CCN(c2cc(OC)cc(OC)c2)C1.I. The summed E-state index contributed by atoms with van der Waals surface area (Å²) in [6, 6.07) is 6.35. The normalized spacial score (nSPS) is 17.1. The molecule has 0 aliphatic carbocycles. The molecule has 0 saturated carbocycles. The van der Waals surface area contributed by atoms with Crippen LogP contribution in [0.2, 0.25) is 0 Å². The van der Waals surface area contributed by atoms with E-state index in [-0.39, 0.29) is 29.5 Å². The fraction of sp³-hybridized carbons (Fsp3) is 0.650. The Morgan fingerprint density at radius 3 is 2.32 bits per heavy atom. The standard InChI is InChI=1S/C20H35N5O2.HI/c1-20(2,3)23-9-8-22-19(21-4)24-15-7-10-25(14-15)16-11-17(26-5)13-18(12-16)27-6;/h11-13,15,23H,7-10,14H2,1-6H3,(H2,21,22,24);1H. The van der Waals surface area contributed by atoms with Crippen LogP contribution < -0.4 is 30.3 Å². The number of halogens is 1. The van der Waals surface area contributed by atoms with Crippen molar-refractivity contribution < 1.29 is 9.47 Å². The number of ether oxygens (including phenoxy) is 2. The van der Waals surface area contributed by atoms with Gasteiger partial charge in [0.2, 0.25) is 0 Å². The van der Waals surface area contributed by atoms with Crippen molar-refractivity contribution in [2.45, 2.75) is 38.8 Å². The van der Waals surface area contributed by atoms with Gasteiger partial charge in [0.25, 0.3) is 0 Å². The topological polar surface area (TPSA) is 70.2 Å². The lowest BCUT2D eigenvalue weighted by atomic mass is 10.1. The highest BCUT2D eigenvalue weighted by molar-refractivity contribution is 14.0. The molecular formula is C20H36IN5O2. The molecule has 0 aromatic heterocycles. The van der Waals surface area contributed by atoms with Crippen LogP contribution in [0, 0.1) is 0 Å². The van der Waals surface area contributed by atoms with Crippen molar-refractivity contribution >= 4 is 35.6 Å². The van der Waals surface area contributed by atoms with Gasteiger partial charge in [-0.1, -0.05) is 0 Å². The van der Waals surface area contributed by atoms with Crippen molar-refractivity contribution in [3.05, 3.63) is 18.2 Å². The van der Waals surface area contributed by atoms with Gasteiger partial charge in [-0.05, 0) is 27.2 Å². The summed E-state index contributed by atoms with van der Waals surface area (Å²) >= 11 is 0. The molecule has 1 unspecified atom stereocenters. The monoisotopic (exact) mass is 505 g/mol. The van der Waals surface area contributed by atoms with E-state index >= 15 is 0 Å². The first-order valence-electron chi connectivity index (χ1n) is 9.55. The first-order valence-corrected chi connectivity index (χ1v) is 9.55. The fourth-order valence-corrected chi connectivity index (χ4v) is 3.09. The predicted molar refractivity (Wildman–Crippen MR) is 128 cm³/mol. The molecule has 0 spiro atoms. The van der Waals surface area contributed by atoms with Gasteiger partial charge < -0.3 is 30.3 Å². The quantitative estimate of drug-likeness (QED) is 0.229. The molecule has 1 aromatic carbocycles. The Hall–Kier alpha value is -1.42. The van der Waals surface area contributed by atoms with Crippen LogP contribution in [0.4, 0.5) is 5.69 Å². The van der Waals surface area contributed by atoms with Gasteiger partial charge in [0.1, 0.15) is 11.5 Å². The van der Waals surface area contributed by atoms with Crippen molar-refractivity contribution in [3.8, 4) is 11.5 Å². The lowest BCUT2D eigenvalue weighted by Crippen LogP contribution is -2.47. The van der Waals surface area contributed by atoms with Crippen LogP contribution in [0.5, 0.6) is 11.5 Å². The number of anilines is 1. The second kappa shape index (κ2) is 11.5. The Balaban J connectivity index is 0.00000392. The Labute approximate surface area is 186 Å². The minimum atomic E-state index is 0. The summed E-state index contributed by atoms with van der Waals surface area (Å²) < 4.78 is 10.8. The Bertz CT molecular complexity index is 611. The maximum Gasteiger partial charge on any atom is 0.191 e. The third-order valence-electron chi connectivity index (χ3n) is 4.53. The number of nitrogens with zero attached hydrogens (tertiary/aromatic N) is 2. The molecule has 8 heteroatoms. The van der Waals surface area contributed by atoms with Gasteiger partial charge in [-0.2, -0.15) is 0 Å². The molecule has 1 aliphatic heterocycles. The van der Waals surface area contributed by atoms with Crippen LogP contribution in [-0.4, -0.2) is 65.0 Å². The molecule has 160 valence electrons. The summed E-state index contributed by atoms with van der Waals surface area (Å²) in [6.45, 7) is 10.1. The van der Waals surface area contributed by atoms with Crippen molar-refractivity contribution in [2.75, 3.05) is 52.3 Å². The highest BCUT2D eigenvalue weighted by Gasteiger charge is 2.24. The van der Waals surface area contributed by atoms with E-state index in [0.717, 1.165) is 55.7 Å². The van der Waals surface area contributed by atoms with Crippen LogP contribution in [0.3, 0.4) is 0 Å². The molecule has 1 aromatic rings. The molecule has 1 heterocycles. The largest absolute Gasteiger partial charge is 0.497 e. The maximum atomic E-state index is 5.39. The number of nitrogens with one attached hydrogen (secondary N) is 3. The highest BCUT2D eigenvalue weighted by Crippen LogP contribution is 2.30. The van der Waals surface area contributed by atoms with E-state index in [2.05, 4.69) is 58.7 Å². The van der Waals surface area contributed by atoms with Gasteiger partial charge in [0.15, 0.2) is 5.96 Å². The van der Waals surface area contributed by atoms with E-state index in [1.807, 2.05) is 13.1 Å². The molecule has 0 amide bonds. The smallest absolute Gasteiger partial charge is 0.191 e. The van der Waals surface area contributed by atoms with Crippen LogP contribution in [0.1, 0.15) is 27.2 Å². The van der Waals surface area contributed by atoms with Gasteiger partial charge >= 0.3 is 0 Å². The van der Waals surface area contributed by atoms with E-state index in [1.165, 1.54) is 0 Å². The van der Waals surface area contributed by atoms with Gasteiger partial charge in [0, 0.05) is 68.7 Å². The van der Waals surface area contributed by atoms with Crippen molar-refractivity contribution in [2.24, 2.45) is 4.99 Å². The zero-order valence-corrected chi connectivity index (χ0v) is 20.3. The lowest BCUT2D eigenvalue weighted by Gasteiger charge is -2.23. The Morgan fingerprint density at radius 1 is 1.14 bits per heavy atom. The van der Waals surface area contributed by atoms with Gasteiger partial charge in [-0.25, -0.2) is 0 Å². The molecule has 1 saturated heterocycles. The van der Waals surface area contributed by atoms with Crippen molar-refractivity contribution in [1.82, 2.24) is 16.0 Å². The van der Waals surface area contributed by atoms with Crippen LogP contribution >= 0.6 is 24.0 Å².